The minimum atomic E-state index is -5.08. The summed E-state index contributed by atoms with van der Waals surface area (Å²) in [5, 5.41) is 15.3. The number of carboxylic acids is 1. The zero-order chi connectivity index (χ0) is 35.6. The summed E-state index contributed by atoms with van der Waals surface area (Å²) < 4.78 is 42.4. The van der Waals surface area contributed by atoms with E-state index < -0.39 is 30.0 Å². The second-order valence-electron chi connectivity index (χ2n) is 9.80. The fourth-order valence-electron chi connectivity index (χ4n) is 4.15. The molecule has 4 N–H and O–H groups in total. The minimum Gasteiger partial charge on any atom is -0.495 e. The van der Waals surface area contributed by atoms with Gasteiger partial charge in [-0.3, -0.25) is 9.59 Å². The number of hydrogen-bond donors (Lipinski definition) is 4. The van der Waals surface area contributed by atoms with Crippen molar-refractivity contribution in [3.8, 4) is 11.5 Å². The van der Waals surface area contributed by atoms with Crippen LogP contribution in [0.1, 0.15) is 27.7 Å². The molecule has 0 atom stereocenters. The molecule has 16 heteroatoms. The monoisotopic (exact) mass is 670 g/mol. The number of alkyl halides is 3. The van der Waals surface area contributed by atoms with Gasteiger partial charge in [0.2, 0.25) is 0 Å². The average molecular weight is 671 g/mol. The molecule has 0 fully saturated rings. The van der Waals surface area contributed by atoms with E-state index in [9.17, 15) is 27.6 Å². The SMILES string of the molecule is CCN(CC)CCN(CCN(CC)CC)C(=O)C(=O)Nc1ccc(OC)c(NC(=O)Nc2ccccc2OC)c1.O=C(O)C(F)(F)F. The number of nitrogens with zero attached hydrogens (tertiary/aromatic N) is 3. The lowest BCUT2D eigenvalue weighted by Gasteiger charge is -2.28. The van der Waals surface area contributed by atoms with Crippen molar-refractivity contribution >= 4 is 40.9 Å². The Morgan fingerprint density at radius 2 is 1.19 bits per heavy atom. The van der Waals surface area contributed by atoms with Gasteiger partial charge < -0.3 is 45.2 Å². The summed E-state index contributed by atoms with van der Waals surface area (Å²) in [7, 11) is 2.99. The molecule has 13 nitrogen and oxygen atoms in total. The fraction of sp³-hybridized carbons (Fsp3) is 0.484. The van der Waals surface area contributed by atoms with Gasteiger partial charge in [-0.25, -0.2) is 9.59 Å². The van der Waals surface area contributed by atoms with Crippen LogP contribution in [0.3, 0.4) is 0 Å². The van der Waals surface area contributed by atoms with E-state index in [0.717, 1.165) is 26.2 Å². The van der Waals surface area contributed by atoms with Crippen LogP contribution >= 0.6 is 0 Å². The first kappa shape index (κ1) is 40.5. The zero-order valence-corrected chi connectivity index (χ0v) is 27.6. The molecular formula is C31H45F3N6O7. The summed E-state index contributed by atoms with van der Waals surface area (Å²) in [6.45, 7) is 14.0. The predicted octanol–water partition coefficient (Wildman–Crippen LogP) is 4.43. The molecule has 0 heterocycles. The molecule has 2 aromatic rings. The third-order valence-corrected chi connectivity index (χ3v) is 6.95. The maximum Gasteiger partial charge on any atom is 0.490 e. The van der Waals surface area contributed by atoms with Gasteiger partial charge in [0.25, 0.3) is 0 Å². The van der Waals surface area contributed by atoms with Crippen LogP contribution in [0.2, 0.25) is 0 Å². The number of halogens is 3. The number of carbonyl (C=O) groups is 4. The van der Waals surface area contributed by atoms with Gasteiger partial charge in [-0.05, 0) is 56.5 Å². The number of nitrogens with one attached hydrogen (secondary N) is 3. The molecule has 0 aliphatic heterocycles. The Balaban J connectivity index is 0.00000141. The summed E-state index contributed by atoms with van der Waals surface area (Å²) >= 11 is 0. The summed E-state index contributed by atoms with van der Waals surface area (Å²) in [6.07, 6.45) is -5.08. The lowest BCUT2D eigenvalue weighted by molar-refractivity contribution is -0.192. The van der Waals surface area contributed by atoms with Crippen LogP contribution in [-0.4, -0.2) is 116 Å². The van der Waals surface area contributed by atoms with Crippen molar-refractivity contribution in [2.24, 2.45) is 0 Å². The smallest absolute Gasteiger partial charge is 0.490 e. The van der Waals surface area contributed by atoms with E-state index in [1.54, 1.807) is 47.4 Å². The third-order valence-electron chi connectivity index (χ3n) is 6.95. The molecular weight excluding hydrogens is 625 g/mol. The fourth-order valence-corrected chi connectivity index (χ4v) is 4.15. The summed E-state index contributed by atoms with van der Waals surface area (Å²) in [6, 6.07) is 11.3. The van der Waals surface area contributed by atoms with E-state index in [4.69, 9.17) is 19.4 Å². The highest BCUT2D eigenvalue weighted by molar-refractivity contribution is 6.39. The van der Waals surface area contributed by atoms with Gasteiger partial charge in [-0.1, -0.05) is 39.8 Å². The summed E-state index contributed by atoms with van der Waals surface area (Å²) in [4.78, 5) is 53.9. The quantitative estimate of drug-likeness (QED) is 0.202. The van der Waals surface area contributed by atoms with Gasteiger partial charge in [0, 0.05) is 31.9 Å². The number of urea groups is 1. The normalized spacial score (nSPS) is 10.9. The van der Waals surface area contributed by atoms with E-state index >= 15 is 0 Å². The van der Waals surface area contributed by atoms with E-state index in [-0.39, 0.29) is 0 Å². The Hall–Kier alpha value is -4.57. The van der Waals surface area contributed by atoms with Crippen LogP contribution in [0.5, 0.6) is 11.5 Å². The van der Waals surface area contributed by atoms with E-state index in [2.05, 4.69) is 53.4 Å². The van der Waals surface area contributed by atoms with Crippen LogP contribution < -0.4 is 25.4 Å². The highest BCUT2D eigenvalue weighted by atomic mass is 19.4. The molecule has 0 saturated heterocycles. The number of amides is 4. The molecule has 2 aromatic carbocycles. The predicted molar refractivity (Wildman–Crippen MR) is 173 cm³/mol. The number of methoxy groups -OCH3 is 2. The minimum absolute atomic E-state index is 0.320. The number of carbonyl (C=O) groups excluding carboxylic acids is 3. The van der Waals surface area contributed by atoms with Crippen LogP contribution in [0.4, 0.5) is 35.0 Å². The molecule has 47 heavy (non-hydrogen) atoms. The molecule has 4 amide bonds. The second kappa shape index (κ2) is 20.5. The highest BCUT2D eigenvalue weighted by Gasteiger charge is 2.38. The van der Waals surface area contributed by atoms with Crippen molar-refractivity contribution in [1.82, 2.24) is 14.7 Å². The average Bonchev–Trinajstić information content (AvgIpc) is 3.04. The van der Waals surface area contributed by atoms with Gasteiger partial charge in [0.05, 0.1) is 25.6 Å². The van der Waals surface area contributed by atoms with Crippen molar-refractivity contribution in [3.05, 3.63) is 42.5 Å². The number of hydrogen-bond acceptors (Lipinski definition) is 8. The highest BCUT2D eigenvalue weighted by Crippen LogP contribution is 2.29. The van der Waals surface area contributed by atoms with Crippen molar-refractivity contribution in [1.29, 1.82) is 0 Å². The van der Waals surface area contributed by atoms with Crippen molar-refractivity contribution in [3.63, 3.8) is 0 Å². The first-order chi connectivity index (χ1) is 22.2. The van der Waals surface area contributed by atoms with Gasteiger partial charge in [0.1, 0.15) is 11.5 Å². The maximum absolute atomic E-state index is 13.2. The number of carboxylic acid groups (broad SMARTS) is 1. The molecule has 0 aliphatic carbocycles. The first-order valence-corrected chi connectivity index (χ1v) is 15.0. The van der Waals surface area contributed by atoms with Crippen LogP contribution in [0, 0.1) is 0 Å². The molecule has 0 spiro atoms. The maximum atomic E-state index is 13.2. The third kappa shape index (κ3) is 14.2. The number of likely N-dealkylation sites (N-methyl/N-ethyl adjacent to an activating group) is 2. The van der Waals surface area contributed by atoms with Gasteiger partial charge in [0.15, 0.2) is 0 Å². The molecule has 0 saturated carbocycles. The topological polar surface area (TPSA) is 153 Å². The number of ether oxygens (including phenoxy) is 2. The Morgan fingerprint density at radius 3 is 1.66 bits per heavy atom. The Bertz CT molecular complexity index is 1290. The van der Waals surface area contributed by atoms with E-state index in [1.165, 1.54) is 14.2 Å². The molecule has 262 valence electrons. The first-order valence-electron chi connectivity index (χ1n) is 15.0. The van der Waals surface area contributed by atoms with Gasteiger partial charge in [-0.15, -0.1) is 0 Å². The van der Waals surface area contributed by atoms with Crippen LogP contribution in [0.25, 0.3) is 0 Å². The van der Waals surface area contributed by atoms with Crippen LogP contribution in [0.15, 0.2) is 42.5 Å². The standard InChI is InChI=1S/C29H44N6O5.C2HF3O2/c1-7-33(8-2)17-19-35(20-18-34(9-3)10-4)28(37)27(36)30-22-15-16-26(40-6)24(21-22)32-29(38)31-23-13-11-12-14-25(23)39-5;3-2(4,5)1(6)7/h11-16,21H,7-10,17-20H2,1-6H3,(H,30,36)(H2,31,32,38);(H,6,7). The van der Waals surface area contributed by atoms with Gasteiger partial charge in [-0.2, -0.15) is 13.2 Å². The van der Waals surface area contributed by atoms with Crippen molar-refractivity contribution in [2.45, 2.75) is 33.9 Å². The van der Waals surface area contributed by atoms with E-state index in [0.29, 0.717) is 54.7 Å². The summed E-state index contributed by atoms with van der Waals surface area (Å²) in [5.41, 5.74) is 1.16. The number of aliphatic carboxylic acids is 1. The number of rotatable bonds is 15. The Labute approximate surface area is 273 Å². The second-order valence-corrected chi connectivity index (χ2v) is 9.80. The number of benzene rings is 2. The van der Waals surface area contributed by atoms with Crippen molar-refractivity contribution < 1.29 is 46.9 Å². The molecule has 0 aromatic heterocycles. The molecule has 0 radical (unpaired) electrons. The Kier molecular flexibility index (Phi) is 17.7. The lowest BCUT2D eigenvalue weighted by Crippen LogP contribution is -2.46. The van der Waals surface area contributed by atoms with Gasteiger partial charge >= 0.3 is 30.0 Å². The zero-order valence-electron chi connectivity index (χ0n) is 27.6. The Morgan fingerprint density at radius 1 is 0.723 bits per heavy atom. The van der Waals surface area contributed by atoms with E-state index in [1.807, 2.05) is 0 Å². The largest absolute Gasteiger partial charge is 0.495 e. The molecule has 0 bridgehead atoms. The molecule has 0 unspecified atom stereocenters. The number of para-hydroxylation sites is 2. The summed E-state index contributed by atoms with van der Waals surface area (Å²) in [5.74, 6) is -3.20. The number of anilines is 3. The molecule has 0 aliphatic rings. The van der Waals surface area contributed by atoms with Crippen molar-refractivity contribution in [2.75, 3.05) is 82.5 Å². The molecule has 2 rings (SSSR count). The lowest BCUT2D eigenvalue weighted by atomic mass is 10.2. The van der Waals surface area contributed by atoms with Crippen LogP contribution in [-0.2, 0) is 14.4 Å².